The number of rotatable bonds is 7. The summed E-state index contributed by atoms with van der Waals surface area (Å²) >= 11 is 0. The Morgan fingerprint density at radius 2 is 2.00 bits per heavy atom. The van der Waals surface area contributed by atoms with Crippen molar-refractivity contribution in [1.82, 2.24) is 4.90 Å². The van der Waals surface area contributed by atoms with Gasteiger partial charge in [-0.05, 0) is 39.3 Å². The lowest BCUT2D eigenvalue weighted by molar-refractivity contribution is 0.190. The molecular formula is C11H26N2O. The Bertz CT molecular complexity index is 146. The monoisotopic (exact) mass is 202 g/mol. The highest BCUT2D eigenvalue weighted by Gasteiger charge is 2.16. The highest BCUT2D eigenvalue weighted by Crippen LogP contribution is 2.08. The van der Waals surface area contributed by atoms with Crippen LogP contribution in [0.3, 0.4) is 0 Å². The van der Waals surface area contributed by atoms with E-state index in [-0.39, 0.29) is 6.61 Å². The van der Waals surface area contributed by atoms with Gasteiger partial charge in [0.1, 0.15) is 0 Å². The van der Waals surface area contributed by atoms with Crippen LogP contribution in [0.25, 0.3) is 0 Å². The van der Waals surface area contributed by atoms with Crippen molar-refractivity contribution in [3.8, 4) is 0 Å². The minimum atomic E-state index is -0.404. The van der Waals surface area contributed by atoms with E-state index in [9.17, 15) is 0 Å². The van der Waals surface area contributed by atoms with Crippen molar-refractivity contribution in [3.05, 3.63) is 0 Å². The van der Waals surface area contributed by atoms with Crippen molar-refractivity contribution in [2.45, 2.75) is 39.2 Å². The zero-order valence-electron chi connectivity index (χ0n) is 10.1. The molecule has 0 aromatic heterocycles. The maximum Gasteiger partial charge on any atom is 0.0608 e. The maximum atomic E-state index is 8.97. The van der Waals surface area contributed by atoms with Crippen molar-refractivity contribution in [2.24, 2.45) is 11.7 Å². The topological polar surface area (TPSA) is 49.5 Å². The molecular weight excluding hydrogens is 176 g/mol. The quantitative estimate of drug-likeness (QED) is 0.649. The first-order chi connectivity index (χ1) is 6.37. The van der Waals surface area contributed by atoms with E-state index >= 15 is 0 Å². The third-order valence-electron chi connectivity index (χ3n) is 2.33. The molecule has 0 radical (unpaired) electrons. The molecule has 0 aliphatic rings. The zero-order valence-corrected chi connectivity index (χ0v) is 10.1. The van der Waals surface area contributed by atoms with Gasteiger partial charge in [0.25, 0.3) is 0 Å². The molecule has 0 fully saturated rings. The van der Waals surface area contributed by atoms with Crippen molar-refractivity contribution in [3.63, 3.8) is 0 Å². The average molecular weight is 202 g/mol. The Morgan fingerprint density at radius 3 is 2.43 bits per heavy atom. The molecule has 3 N–H and O–H groups in total. The Hall–Kier alpha value is -0.120. The van der Waals surface area contributed by atoms with Crippen LogP contribution in [0.4, 0.5) is 0 Å². The van der Waals surface area contributed by atoms with Crippen LogP contribution in [0.5, 0.6) is 0 Å². The Kier molecular flexibility index (Phi) is 6.33. The predicted octanol–water partition coefficient (Wildman–Crippen LogP) is 1.06. The summed E-state index contributed by atoms with van der Waals surface area (Å²) in [5.74, 6) is 0.710. The summed E-state index contributed by atoms with van der Waals surface area (Å²) in [7, 11) is 2.13. The Labute approximate surface area is 88.3 Å². The van der Waals surface area contributed by atoms with Gasteiger partial charge in [0.15, 0.2) is 0 Å². The van der Waals surface area contributed by atoms with Gasteiger partial charge in [-0.1, -0.05) is 13.8 Å². The standard InChI is InChI=1S/C11H26N2O/c1-10(2)8-13(4)7-5-6-11(3,12)9-14/h10,14H,5-9,12H2,1-4H3. The second-order valence-electron chi connectivity index (χ2n) is 5.07. The van der Waals surface area contributed by atoms with Gasteiger partial charge in [0.05, 0.1) is 6.61 Å². The maximum absolute atomic E-state index is 8.97. The fourth-order valence-corrected chi connectivity index (χ4v) is 1.55. The van der Waals surface area contributed by atoms with E-state index in [1.807, 2.05) is 6.92 Å². The van der Waals surface area contributed by atoms with Gasteiger partial charge in [-0.15, -0.1) is 0 Å². The zero-order chi connectivity index (χ0) is 11.2. The molecule has 3 heteroatoms. The number of nitrogens with zero attached hydrogens (tertiary/aromatic N) is 1. The van der Waals surface area contributed by atoms with E-state index in [2.05, 4.69) is 25.8 Å². The van der Waals surface area contributed by atoms with Crippen LogP contribution < -0.4 is 5.73 Å². The van der Waals surface area contributed by atoms with E-state index in [0.717, 1.165) is 25.9 Å². The van der Waals surface area contributed by atoms with Crippen molar-refractivity contribution in [2.75, 3.05) is 26.7 Å². The van der Waals surface area contributed by atoms with Gasteiger partial charge in [-0.3, -0.25) is 0 Å². The first-order valence-corrected chi connectivity index (χ1v) is 5.45. The molecule has 0 aliphatic carbocycles. The molecule has 0 saturated carbocycles. The number of nitrogens with two attached hydrogens (primary N) is 1. The molecule has 0 bridgehead atoms. The summed E-state index contributed by atoms with van der Waals surface area (Å²) < 4.78 is 0. The third-order valence-corrected chi connectivity index (χ3v) is 2.33. The molecule has 0 rings (SSSR count). The van der Waals surface area contributed by atoms with Gasteiger partial charge < -0.3 is 15.7 Å². The minimum Gasteiger partial charge on any atom is -0.394 e. The fraction of sp³-hybridized carbons (Fsp3) is 1.00. The lowest BCUT2D eigenvalue weighted by Gasteiger charge is -2.24. The molecule has 0 amide bonds. The molecule has 0 aromatic rings. The SMILES string of the molecule is CC(C)CN(C)CCCC(C)(N)CO. The third kappa shape index (κ3) is 7.30. The van der Waals surface area contributed by atoms with E-state index in [0.29, 0.717) is 5.92 Å². The van der Waals surface area contributed by atoms with Crippen LogP contribution in [0.15, 0.2) is 0 Å². The van der Waals surface area contributed by atoms with E-state index in [4.69, 9.17) is 10.8 Å². The van der Waals surface area contributed by atoms with Crippen LogP contribution in [0.2, 0.25) is 0 Å². The van der Waals surface area contributed by atoms with Gasteiger partial charge >= 0.3 is 0 Å². The smallest absolute Gasteiger partial charge is 0.0608 e. The van der Waals surface area contributed by atoms with Crippen molar-refractivity contribution >= 4 is 0 Å². The number of hydrogen-bond acceptors (Lipinski definition) is 3. The number of hydrogen-bond donors (Lipinski definition) is 2. The molecule has 0 aliphatic heterocycles. The lowest BCUT2D eigenvalue weighted by atomic mass is 9.98. The predicted molar refractivity (Wildman–Crippen MR) is 61.2 cm³/mol. The fourth-order valence-electron chi connectivity index (χ4n) is 1.55. The van der Waals surface area contributed by atoms with Crippen molar-refractivity contribution < 1.29 is 5.11 Å². The molecule has 86 valence electrons. The van der Waals surface area contributed by atoms with Gasteiger partial charge in [-0.25, -0.2) is 0 Å². The summed E-state index contributed by atoms with van der Waals surface area (Å²) in [5.41, 5.74) is 5.43. The first-order valence-electron chi connectivity index (χ1n) is 5.45. The average Bonchev–Trinajstić information content (AvgIpc) is 2.02. The second-order valence-corrected chi connectivity index (χ2v) is 5.07. The summed E-state index contributed by atoms with van der Waals surface area (Å²) in [6.07, 6.45) is 1.93. The summed E-state index contributed by atoms with van der Waals surface area (Å²) in [5, 5.41) is 8.97. The molecule has 0 aromatic carbocycles. The van der Waals surface area contributed by atoms with E-state index < -0.39 is 5.54 Å². The van der Waals surface area contributed by atoms with E-state index in [1.165, 1.54) is 0 Å². The van der Waals surface area contributed by atoms with Crippen molar-refractivity contribution in [1.29, 1.82) is 0 Å². The molecule has 14 heavy (non-hydrogen) atoms. The molecule has 0 heterocycles. The highest BCUT2D eigenvalue weighted by molar-refractivity contribution is 4.77. The lowest BCUT2D eigenvalue weighted by Crippen LogP contribution is -2.40. The largest absolute Gasteiger partial charge is 0.394 e. The summed E-state index contributed by atoms with van der Waals surface area (Å²) in [4.78, 5) is 2.32. The molecule has 3 nitrogen and oxygen atoms in total. The van der Waals surface area contributed by atoms with Crippen LogP contribution in [-0.4, -0.2) is 42.3 Å². The van der Waals surface area contributed by atoms with Crippen LogP contribution in [-0.2, 0) is 0 Å². The van der Waals surface area contributed by atoms with Crippen LogP contribution in [0, 0.1) is 5.92 Å². The van der Waals surface area contributed by atoms with Gasteiger partial charge in [-0.2, -0.15) is 0 Å². The number of aliphatic hydroxyl groups is 1. The van der Waals surface area contributed by atoms with E-state index in [1.54, 1.807) is 0 Å². The highest BCUT2D eigenvalue weighted by atomic mass is 16.3. The first kappa shape index (κ1) is 13.9. The number of aliphatic hydroxyl groups excluding tert-OH is 1. The van der Waals surface area contributed by atoms with Gasteiger partial charge in [0.2, 0.25) is 0 Å². The summed E-state index contributed by atoms with van der Waals surface area (Å²) in [6, 6.07) is 0. The van der Waals surface area contributed by atoms with Crippen LogP contribution in [0.1, 0.15) is 33.6 Å². The minimum absolute atomic E-state index is 0.0703. The Morgan fingerprint density at radius 1 is 1.43 bits per heavy atom. The molecule has 1 atom stereocenters. The normalized spacial score (nSPS) is 16.3. The second kappa shape index (κ2) is 6.38. The summed E-state index contributed by atoms with van der Waals surface area (Å²) in [6.45, 7) is 8.59. The molecule has 0 saturated heterocycles. The van der Waals surface area contributed by atoms with Gasteiger partial charge in [0, 0.05) is 12.1 Å². The Balaban J connectivity index is 3.53. The van der Waals surface area contributed by atoms with Crippen LogP contribution >= 0.6 is 0 Å². The molecule has 1 unspecified atom stereocenters. The molecule has 0 spiro atoms.